The zero-order valence-corrected chi connectivity index (χ0v) is 18.7. The van der Waals surface area contributed by atoms with Gasteiger partial charge in [-0.05, 0) is 67.1 Å². The lowest BCUT2D eigenvalue weighted by Crippen LogP contribution is -2.42. The first-order valence-electron chi connectivity index (χ1n) is 11.4. The summed E-state index contributed by atoms with van der Waals surface area (Å²) in [5.74, 6) is 0.975. The summed E-state index contributed by atoms with van der Waals surface area (Å²) in [4.78, 5) is 2.69. The molecule has 2 aromatic carbocycles. The SMILES string of the molecule is O=S(=O)(c1cc(CN2Cc3ccccc3C2)ccc1OCC1CCNCC1)N1CCC1. The Morgan fingerprint density at radius 3 is 2.35 bits per heavy atom. The highest BCUT2D eigenvalue weighted by Crippen LogP contribution is 2.32. The van der Waals surface area contributed by atoms with Crippen molar-refractivity contribution < 1.29 is 13.2 Å². The number of nitrogens with zero attached hydrogens (tertiary/aromatic N) is 2. The Bertz CT molecular complexity index is 1010. The molecule has 31 heavy (non-hydrogen) atoms. The quantitative estimate of drug-likeness (QED) is 0.716. The minimum Gasteiger partial charge on any atom is -0.492 e. The number of rotatable bonds is 7. The number of fused-ring (bicyclic) bond motifs is 1. The number of sulfonamides is 1. The molecule has 2 saturated heterocycles. The summed E-state index contributed by atoms with van der Waals surface area (Å²) < 4.78 is 34.2. The summed E-state index contributed by atoms with van der Waals surface area (Å²) in [6, 6.07) is 14.2. The first-order chi connectivity index (χ1) is 15.1. The molecule has 3 aliphatic rings. The molecule has 0 aliphatic carbocycles. The van der Waals surface area contributed by atoms with Crippen molar-refractivity contribution in [1.82, 2.24) is 14.5 Å². The predicted molar refractivity (Wildman–Crippen MR) is 120 cm³/mol. The summed E-state index contributed by atoms with van der Waals surface area (Å²) in [6.07, 6.45) is 3.07. The molecule has 0 aromatic heterocycles. The Morgan fingerprint density at radius 1 is 1.00 bits per heavy atom. The van der Waals surface area contributed by atoms with E-state index in [1.165, 1.54) is 11.1 Å². The number of ether oxygens (including phenoxy) is 1. The Balaban J connectivity index is 1.35. The van der Waals surface area contributed by atoms with E-state index in [9.17, 15) is 8.42 Å². The summed E-state index contributed by atoms with van der Waals surface area (Å²) in [5, 5.41) is 3.36. The lowest BCUT2D eigenvalue weighted by Gasteiger charge is -2.31. The lowest BCUT2D eigenvalue weighted by molar-refractivity contribution is 0.210. The van der Waals surface area contributed by atoms with Crippen molar-refractivity contribution in [1.29, 1.82) is 0 Å². The van der Waals surface area contributed by atoms with Gasteiger partial charge in [-0.2, -0.15) is 4.31 Å². The Kier molecular flexibility index (Phi) is 6.01. The molecule has 3 aliphatic heterocycles. The van der Waals surface area contributed by atoms with E-state index in [-0.39, 0.29) is 0 Å². The van der Waals surface area contributed by atoms with Crippen LogP contribution in [0.25, 0.3) is 0 Å². The predicted octanol–water partition coefficient (Wildman–Crippen LogP) is 2.98. The fourth-order valence-corrected chi connectivity index (χ4v) is 6.37. The topological polar surface area (TPSA) is 61.9 Å². The largest absolute Gasteiger partial charge is 0.492 e. The van der Waals surface area contributed by atoms with E-state index >= 15 is 0 Å². The Hall–Kier alpha value is -1.93. The van der Waals surface area contributed by atoms with Crippen LogP contribution in [0.4, 0.5) is 0 Å². The second kappa shape index (κ2) is 8.90. The average Bonchev–Trinajstić information content (AvgIpc) is 3.14. The van der Waals surface area contributed by atoms with Gasteiger partial charge in [0, 0.05) is 32.7 Å². The molecule has 3 heterocycles. The number of piperidine rings is 1. The summed E-state index contributed by atoms with van der Waals surface area (Å²) in [6.45, 7) is 6.31. The van der Waals surface area contributed by atoms with Crippen LogP contribution in [0.1, 0.15) is 36.0 Å². The summed E-state index contributed by atoms with van der Waals surface area (Å²) >= 11 is 0. The monoisotopic (exact) mass is 441 g/mol. The van der Waals surface area contributed by atoms with Gasteiger partial charge >= 0.3 is 0 Å². The van der Waals surface area contributed by atoms with Gasteiger partial charge in [-0.25, -0.2) is 8.42 Å². The fraction of sp³-hybridized carbons (Fsp3) is 0.500. The molecule has 0 bridgehead atoms. The minimum atomic E-state index is -3.52. The van der Waals surface area contributed by atoms with Crippen LogP contribution in [0.5, 0.6) is 5.75 Å². The maximum absolute atomic E-state index is 13.3. The van der Waals surface area contributed by atoms with Gasteiger partial charge in [-0.3, -0.25) is 4.90 Å². The Labute approximate surface area is 185 Å². The average molecular weight is 442 g/mol. The van der Waals surface area contributed by atoms with E-state index in [2.05, 4.69) is 34.5 Å². The molecule has 0 unspecified atom stereocenters. The van der Waals surface area contributed by atoms with Crippen molar-refractivity contribution in [3.63, 3.8) is 0 Å². The molecule has 6 nitrogen and oxygen atoms in total. The molecular weight excluding hydrogens is 410 g/mol. The second-order valence-corrected chi connectivity index (χ2v) is 10.9. The molecule has 0 atom stereocenters. The third-order valence-corrected chi connectivity index (χ3v) is 8.61. The van der Waals surface area contributed by atoms with Crippen LogP contribution >= 0.6 is 0 Å². The number of hydrogen-bond donors (Lipinski definition) is 1. The first-order valence-corrected chi connectivity index (χ1v) is 12.8. The molecule has 1 N–H and O–H groups in total. The highest BCUT2D eigenvalue weighted by atomic mass is 32.2. The summed E-state index contributed by atoms with van der Waals surface area (Å²) in [5.41, 5.74) is 3.73. The van der Waals surface area contributed by atoms with E-state index in [0.717, 1.165) is 57.5 Å². The zero-order chi connectivity index (χ0) is 21.3. The Morgan fingerprint density at radius 2 is 1.71 bits per heavy atom. The number of hydrogen-bond acceptors (Lipinski definition) is 5. The van der Waals surface area contributed by atoms with Crippen LogP contribution in [0.2, 0.25) is 0 Å². The zero-order valence-electron chi connectivity index (χ0n) is 17.9. The van der Waals surface area contributed by atoms with Crippen molar-refractivity contribution in [3.8, 4) is 5.75 Å². The third kappa shape index (κ3) is 4.51. The van der Waals surface area contributed by atoms with Crippen molar-refractivity contribution >= 4 is 10.0 Å². The van der Waals surface area contributed by atoms with E-state index in [0.29, 0.717) is 36.3 Å². The van der Waals surface area contributed by atoms with Crippen LogP contribution < -0.4 is 10.1 Å². The van der Waals surface area contributed by atoms with Gasteiger partial charge in [0.25, 0.3) is 0 Å². The first kappa shape index (κ1) is 20.9. The van der Waals surface area contributed by atoms with E-state index in [1.807, 2.05) is 18.2 Å². The van der Waals surface area contributed by atoms with E-state index < -0.39 is 10.0 Å². The molecule has 0 amide bonds. The number of benzene rings is 2. The highest BCUT2D eigenvalue weighted by Gasteiger charge is 2.32. The molecule has 0 spiro atoms. The maximum Gasteiger partial charge on any atom is 0.246 e. The van der Waals surface area contributed by atoms with Crippen LogP contribution in [-0.4, -0.2) is 50.4 Å². The maximum atomic E-state index is 13.3. The third-order valence-electron chi connectivity index (χ3n) is 6.69. The molecular formula is C24H31N3O3S. The van der Waals surface area contributed by atoms with Gasteiger partial charge in [0.15, 0.2) is 0 Å². The highest BCUT2D eigenvalue weighted by molar-refractivity contribution is 7.89. The van der Waals surface area contributed by atoms with Crippen molar-refractivity contribution in [2.24, 2.45) is 5.92 Å². The van der Waals surface area contributed by atoms with E-state index in [4.69, 9.17) is 4.74 Å². The van der Waals surface area contributed by atoms with Crippen LogP contribution in [0.15, 0.2) is 47.4 Å². The molecule has 0 saturated carbocycles. The van der Waals surface area contributed by atoms with Gasteiger partial charge in [-0.15, -0.1) is 0 Å². The molecule has 2 aromatic rings. The van der Waals surface area contributed by atoms with Crippen LogP contribution in [0.3, 0.4) is 0 Å². The molecule has 7 heteroatoms. The van der Waals surface area contributed by atoms with Crippen molar-refractivity contribution in [2.75, 3.05) is 32.8 Å². The van der Waals surface area contributed by atoms with Gasteiger partial charge in [0.1, 0.15) is 10.6 Å². The van der Waals surface area contributed by atoms with Gasteiger partial charge in [0.2, 0.25) is 10.0 Å². The molecule has 0 radical (unpaired) electrons. The molecule has 5 rings (SSSR count). The smallest absolute Gasteiger partial charge is 0.246 e. The fourth-order valence-electron chi connectivity index (χ4n) is 4.67. The normalized spacial score (nSPS) is 20.4. The summed E-state index contributed by atoms with van der Waals surface area (Å²) in [7, 11) is -3.52. The minimum absolute atomic E-state index is 0.329. The van der Waals surface area contributed by atoms with Crippen LogP contribution in [-0.2, 0) is 29.7 Å². The van der Waals surface area contributed by atoms with Crippen LogP contribution in [0, 0.1) is 5.92 Å². The van der Waals surface area contributed by atoms with Crippen molar-refractivity contribution in [3.05, 3.63) is 59.2 Å². The van der Waals surface area contributed by atoms with E-state index in [1.54, 1.807) is 4.31 Å². The lowest BCUT2D eigenvalue weighted by atomic mass is 9.99. The standard InChI is InChI=1S/C24H31N3O3S/c28-31(29,27-12-3-13-27)24-14-20(15-26-16-21-4-1-2-5-22(21)17-26)6-7-23(24)30-18-19-8-10-25-11-9-19/h1-2,4-7,14,19,25H,3,8-13,15-18H2. The molecule has 166 valence electrons. The second-order valence-electron chi connectivity index (χ2n) is 8.96. The van der Waals surface area contributed by atoms with Gasteiger partial charge in [-0.1, -0.05) is 30.3 Å². The van der Waals surface area contributed by atoms with Gasteiger partial charge < -0.3 is 10.1 Å². The number of nitrogens with one attached hydrogen (secondary N) is 1. The van der Waals surface area contributed by atoms with Gasteiger partial charge in [0.05, 0.1) is 6.61 Å². The van der Waals surface area contributed by atoms with Crippen molar-refractivity contribution in [2.45, 2.75) is 43.8 Å². The molecule has 2 fully saturated rings.